The highest BCUT2D eigenvalue weighted by Gasteiger charge is 2.18. The molecule has 17 heavy (non-hydrogen) atoms. The third-order valence-corrected chi connectivity index (χ3v) is 3.06. The van der Waals surface area contributed by atoms with Gasteiger partial charge in [0.1, 0.15) is 0 Å². The molecule has 0 aliphatic carbocycles. The van der Waals surface area contributed by atoms with E-state index in [0.717, 1.165) is 17.5 Å². The van der Waals surface area contributed by atoms with Crippen LogP contribution in [0.2, 0.25) is 0 Å². The van der Waals surface area contributed by atoms with Gasteiger partial charge in [-0.25, -0.2) is 0 Å². The maximum atomic E-state index is 12.2. The van der Waals surface area contributed by atoms with Crippen LogP contribution >= 0.6 is 0 Å². The molecule has 1 unspecified atom stereocenters. The lowest BCUT2D eigenvalue weighted by atomic mass is 9.94. The second-order valence-electron chi connectivity index (χ2n) is 4.20. The Morgan fingerprint density at radius 3 is 2.24 bits per heavy atom. The average Bonchev–Trinajstić information content (AvgIpc) is 2.36. The van der Waals surface area contributed by atoms with E-state index in [1.807, 2.05) is 26.8 Å². The quantitative estimate of drug-likeness (QED) is 0.736. The number of aryl methyl sites for hydroxylation is 1. The summed E-state index contributed by atoms with van der Waals surface area (Å²) in [6, 6.07) is 3.61. The van der Waals surface area contributed by atoms with Gasteiger partial charge in [-0.05, 0) is 31.0 Å². The Kier molecular flexibility index (Phi) is 4.55. The van der Waals surface area contributed by atoms with Crippen molar-refractivity contribution in [2.24, 2.45) is 5.92 Å². The van der Waals surface area contributed by atoms with Gasteiger partial charge >= 0.3 is 0 Å². The van der Waals surface area contributed by atoms with E-state index in [-0.39, 0.29) is 11.7 Å². The van der Waals surface area contributed by atoms with Crippen LogP contribution in [0.3, 0.4) is 0 Å². The first-order chi connectivity index (χ1) is 8.04. The largest absolute Gasteiger partial charge is 0.493 e. The van der Waals surface area contributed by atoms with Crippen molar-refractivity contribution in [3.63, 3.8) is 0 Å². The number of benzene rings is 1. The summed E-state index contributed by atoms with van der Waals surface area (Å²) < 4.78 is 10.4. The van der Waals surface area contributed by atoms with Gasteiger partial charge in [-0.1, -0.05) is 13.8 Å². The first-order valence-electron chi connectivity index (χ1n) is 5.81. The van der Waals surface area contributed by atoms with Gasteiger partial charge in [0.05, 0.1) is 14.2 Å². The number of ketones is 1. The Bertz CT molecular complexity index is 410. The summed E-state index contributed by atoms with van der Waals surface area (Å²) in [6.07, 6.45) is 0.840. The lowest BCUT2D eigenvalue weighted by molar-refractivity contribution is 0.0926. The molecule has 3 nitrogen and oxygen atoms in total. The summed E-state index contributed by atoms with van der Waals surface area (Å²) in [4.78, 5) is 12.2. The summed E-state index contributed by atoms with van der Waals surface area (Å²) in [5.74, 6) is 1.45. The first kappa shape index (κ1) is 13.6. The van der Waals surface area contributed by atoms with Crippen molar-refractivity contribution in [1.82, 2.24) is 0 Å². The Morgan fingerprint density at radius 1 is 1.24 bits per heavy atom. The zero-order valence-corrected chi connectivity index (χ0v) is 11.2. The Morgan fingerprint density at radius 2 is 1.76 bits per heavy atom. The lowest BCUT2D eigenvalue weighted by Gasteiger charge is -2.14. The van der Waals surface area contributed by atoms with Crippen molar-refractivity contribution in [2.45, 2.75) is 27.2 Å². The molecule has 0 heterocycles. The van der Waals surface area contributed by atoms with E-state index in [9.17, 15) is 4.79 Å². The maximum Gasteiger partial charge on any atom is 0.166 e. The normalized spacial score (nSPS) is 12.1. The van der Waals surface area contributed by atoms with Gasteiger partial charge in [0.25, 0.3) is 0 Å². The molecule has 1 aromatic carbocycles. The van der Waals surface area contributed by atoms with Crippen LogP contribution in [0, 0.1) is 12.8 Å². The van der Waals surface area contributed by atoms with Crippen molar-refractivity contribution in [1.29, 1.82) is 0 Å². The minimum atomic E-state index is 0.0341. The molecule has 0 fully saturated rings. The van der Waals surface area contributed by atoms with Crippen molar-refractivity contribution in [3.8, 4) is 11.5 Å². The molecule has 1 rings (SSSR count). The van der Waals surface area contributed by atoms with Gasteiger partial charge in [0, 0.05) is 11.5 Å². The van der Waals surface area contributed by atoms with E-state index in [1.165, 1.54) is 0 Å². The van der Waals surface area contributed by atoms with Gasteiger partial charge < -0.3 is 9.47 Å². The Balaban J connectivity index is 3.21. The van der Waals surface area contributed by atoms with Gasteiger partial charge in [0.2, 0.25) is 0 Å². The standard InChI is InChI=1S/C14H20O3/c1-6-9(2)14(15)11-8-13(17-5)12(16-4)7-10(11)3/h7-9H,6H2,1-5H3. The van der Waals surface area contributed by atoms with Crippen molar-refractivity contribution in [2.75, 3.05) is 14.2 Å². The van der Waals surface area contributed by atoms with Gasteiger partial charge in [-0.2, -0.15) is 0 Å². The van der Waals surface area contributed by atoms with E-state index in [0.29, 0.717) is 11.5 Å². The first-order valence-corrected chi connectivity index (χ1v) is 5.81. The second-order valence-corrected chi connectivity index (χ2v) is 4.20. The van der Waals surface area contributed by atoms with Crippen molar-refractivity contribution in [3.05, 3.63) is 23.3 Å². The number of methoxy groups -OCH3 is 2. The van der Waals surface area contributed by atoms with Crippen LogP contribution in [-0.4, -0.2) is 20.0 Å². The zero-order valence-electron chi connectivity index (χ0n) is 11.2. The summed E-state index contributed by atoms with van der Waals surface area (Å²) in [5.41, 5.74) is 1.64. The number of rotatable bonds is 5. The van der Waals surface area contributed by atoms with Crippen LogP contribution in [0.4, 0.5) is 0 Å². The molecular formula is C14H20O3. The molecule has 1 aromatic rings. The van der Waals surface area contributed by atoms with Crippen LogP contribution < -0.4 is 9.47 Å². The molecule has 0 saturated heterocycles. The highest BCUT2D eigenvalue weighted by atomic mass is 16.5. The van der Waals surface area contributed by atoms with Gasteiger partial charge in [-0.3, -0.25) is 4.79 Å². The Labute approximate surface area is 103 Å². The predicted molar refractivity (Wildman–Crippen MR) is 68.1 cm³/mol. The van der Waals surface area contributed by atoms with Crippen LogP contribution in [0.15, 0.2) is 12.1 Å². The molecule has 0 aromatic heterocycles. The number of ether oxygens (including phenoxy) is 2. The molecular weight excluding hydrogens is 216 g/mol. The number of carbonyl (C=O) groups is 1. The summed E-state index contributed by atoms with van der Waals surface area (Å²) in [7, 11) is 3.16. The number of hydrogen-bond donors (Lipinski definition) is 0. The summed E-state index contributed by atoms with van der Waals surface area (Å²) in [6.45, 7) is 5.87. The van der Waals surface area contributed by atoms with E-state index < -0.39 is 0 Å². The third kappa shape index (κ3) is 2.78. The second kappa shape index (κ2) is 5.71. The molecule has 0 bridgehead atoms. The maximum absolute atomic E-state index is 12.2. The van der Waals surface area contributed by atoms with E-state index >= 15 is 0 Å². The van der Waals surface area contributed by atoms with E-state index in [1.54, 1.807) is 20.3 Å². The van der Waals surface area contributed by atoms with E-state index in [2.05, 4.69) is 0 Å². The number of carbonyl (C=O) groups excluding carboxylic acids is 1. The molecule has 0 aliphatic heterocycles. The molecule has 0 spiro atoms. The van der Waals surface area contributed by atoms with Gasteiger partial charge in [-0.15, -0.1) is 0 Å². The topological polar surface area (TPSA) is 35.5 Å². The lowest BCUT2D eigenvalue weighted by Crippen LogP contribution is -2.12. The molecule has 0 amide bonds. The van der Waals surface area contributed by atoms with Gasteiger partial charge in [0.15, 0.2) is 17.3 Å². The zero-order chi connectivity index (χ0) is 13.0. The van der Waals surface area contributed by atoms with Crippen LogP contribution in [-0.2, 0) is 0 Å². The van der Waals surface area contributed by atoms with Crippen molar-refractivity contribution >= 4 is 5.78 Å². The molecule has 0 N–H and O–H groups in total. The highest BCUT2D eigenvalue weighted by molar-refractivity contribution is 5.99. The average molecular weight is 236 g/mol. The monoisotopic (exact) mass is 236 g/mol. The molecule has 0 saturated carbocycles. The third-order valence-electron chi connectivity index (χ3n) is 3.06. The molecule has 0 aliphatic rings. The van der Waals surface area contributed by atoms with Crippen molar-refractivity contribution < 1.29 is 14.3 Å². The molecule has 94 valence electrons. The summed E-state index contributed by atoms with van der Waals surface area (Å²) >= 11 is 0. The molecule has 3 heteroatoms. The SMILES string of the molecule is CCC(C)C(=O)c1cc(OC)c(OC)cc1C. The summed E-state index contributed by atoms with van der Waals surface area (Å²) in [5, 5.41) is 0. The molecule has 1 atom stereocenters. The fourth-order valence-corrected chi connectivity index (χ4v) is 1.70. The highest BCUT2D eigenvalue weighted by Crippen LogP contribution is 2.31. The fraction of sp³-hybridized carbons (Fsp3) is 0.500. The predicted octanol–water partition coefficient (Wildman–Crippen LogP) is 3.24. The van der Waals surface area contributed by atoms with Crippen LogP contribution in [0.1, 0.15) is 36.2 Å². The minimum absolute atomic E-state index is 0.0341. The number of hydrogen-bond acceptors (Lipinski definition) is 3. The molecule has 0 radical (unpaired) electrons. The smallest absolute Gasteiger partial charge is 0.166 e. The van der Waals surface area contributed by atoms with E-state index in [4.69, 9.17) is 9.47 Å². The van der Waals surface area contributed by atoms with Crippen LogP contribution in [0.25, 0.3) is 0 Å². The van der Waals surface area contributed by atoms with Crippen LogP contribution in [0.5, 0.6) is 11.5 Å². The fourth-order valence-electron chi connectivity index (χ4n) is 1.70. The Hall–Kier alpha value is -1.51. The number of Topliss-reactive ketones (excluding diaryl/α,β-unsaturated/α-hetero) is 1. The minimum Gasteiger partial charge on any atom is -0.493 e.